The van der Waals surface area contributed by atoms with E-state index in [-0.39, 0.29) is 11.9 Å². The molecule has 0 spiro atoms. The first-order valence-electron chi connectivity index (χ1n) is 9.99. The third-order valence-electron chi connectivity index (χ3n) is 6.30. The van der Waals surface area contributed by atoms with Crippen LogP contribution in [0, 0.1) is 25.7 Å². The Balaban J connectivity index is 1.60. The van der Waals surface area contributed by atoms with E-state index in [9.17, 15) is 9.59 Å². The van der Waals surface area contributed by atoms with Crippen molar-refractivity contribution < 1.29 is 14.3 Å². The van der Waals surface area contributed by atoms with E-state index in [1.807, 2.05) is 19.9 Å². The molecule has 1 N–H and O–H groups in total. The van der Waals surface area contributed by atoms with Crippen molar-refractivity contribution >= 4 is 11.9 Å². The quantitative estimate of drug-likeness (QED) is 0.810. The van der Waals surface area contributed by atoms with Gasteiger partial charge in [0, 0.05) is 23.5 Å². The van der Waals surface area contributed by atoms with Gasteiger partial charge in [0.2, 0.25) is 0 Å². The van der Waals surface area contributed by atoms with Crippen LogP contribution in [0.15, 0.2) is 6.07 Å². The average molecular weight is 360 g/mol. The summed E-state index contributed by atoms with van der Waals surface area (Å²) in [5.41, 5.74) is 2.60. The van der Waals surface area contributed by atoms with Gasteiger partial charge in [0.15, 0.2) is 6.10 Å². The topological polar surface area (TPSA) is 60.3 Å². The molecule has 5 nitrogen and oxygen atoms in total. The molecule has 0 radical (unpaired) electrons. The molecule has 2 saturated carbocycles. The molecule has 2 aliphatic rings. The monoisotopic (exact) mass is 360 g/mol. The lowest BCUT2D eigenvalue weighted by Gasteiger charge is -2.35. The number of esters is 1. The first-order valence-corrected chi connectivity index (χ1v) is 9.99. The third-order valence-corrected chi connectivity index (χ3v) is 6.30. The van der Waals surface area contributed by atoms with E-state index in [2.05, 4.69) is 23.7 Å². The minimum Gasteiger partial charge on any atom is -0.449 e. The van der Waals surface area contributed by atoms with Gasteiger partial charge in [-0.1, -0.05) is 26.7 Å². The highest BCUT2D eigenvalue weighted by Crippen LogP contribution is 2.38. The highest BCUT2D eigenvalue weighted by molar-refractivity contribution is 5.93. The van der Waals surface area contributed by atoms with Crippen molar-refractivity contribution in [3.63, 3.8) is 0 Å². The lowest BCUT2D eigenvalue weighted by atomic mass is 9.78. The number of nitrogens with one attached hydrogen (secondary N) is 1. The van der Waals surface area contributed by atoms with Crippen LogP contribution in [0.25, 0.3) is 0 Å². The Bertz CT molecular complexity index is 690. The maximum Gasteiger partial charge on any atom is 0.340 e. The van der Waals surface area contributed by atoms with E-state index in [4.69, 9.17) is 4.74 Å². The molecule has 5 heteroatoms. The van der Waals surface area contributed by atoms with Crippen molar-refractivity contribution in [2.75, 3.05) is 0 Å². The summed E-state index contributed by atoms with van der Waals surface area (Å²) in [4.78, 5) is 25.1. The number of rotatable bonds is 5. The van der Waals surface area contributed by atoms with Crippen LogP contribution in [0.5, 0.6) is 0 Å². The predicted molar refractivity (Wildman–Crippen MR) is 101 cm³/mol. The highest BCUT2D eigenvalue weighted by Gasteiger charge is 2.32. The van der Waals surface area contributed by atoms with Crippen LogP contribution in [0.3, 0.4) is 0 Å². The van der Waals surface area contributed by atoms with Gasteiger partial charge in [-0.2, -0.15) is 0 Å². The number of carbonyl (C=O) groups excluding carboxylic acids is 2. The molecule has 0 aromatic carbocycles. The van der Waals surface area contributed by atoms with E-state index in [0.29, 0.717) is 23.4 Å². The zero-order valence-electron chi connectivity index (χ0n) is 16.7. The largest absolute Gasteiger partial charge is 0.449 e. The molecular weight excluding hydrogens is 328 g/mol. The number of ether oxygens (including phenoxy) is 1. The Kier molecular flexibility index (Phi) is 5.44. The maximum absolute atomic E-state index is 12.6. The van der Waals surface area contributed by atoms with Crippen LogP contribution in [0.1, 0.15) is 80.7 Å². The van der Waals surface area contributed by atoms with Crippen molar-refractivity contribution in [3.8, 4) is 0 Å². The van der Waals surface area contributed by atoms with E-state index in [0.717, 1.165) is 24.2 Å². The van der Waals surface area contributed by atoms with E-state index < -0.39 is 12.1 Å². The van der Waals surface area contributed by atoms with Gasteiger partial charge < -0.3 is 14.6 Å². The van der Waals surface area contributed by atoms with Gasteiger partial charge in [-0.15, -0.1) is 0 Å². The smallest absolute Gasteiger partial charge is 0.340 e. The van der Waals surface area contributed by atoms with Gasteiger partial charge in [-0.25, -0.2) is 4.79 Å². The van der Waals surface area contributed by atoms with E-state index >= 15 is 0 Å². The van der Waals surface area contributed by atoms with Crippen LogP contribution in [0.4, 0.5) is 0 Å². The lowest BCUT2D eigenvalue weighted by molar-refractivity contribution is -0.130. The molecule has 2 aliphatic carbocycles. The second-order valence-electron chi connectivity index (χ2n) is 8.32. The summed E-state index contributed by atoms with van der Waals surface area (Å²) >= 11 is 0. The molecule has 2 fully saturated rings. The van der Waals surface area contributed by atoms with Crippen LogP contribution < -0.4 is 5.32 Å². The summed E-state index contributed by atoms with van der Waals surface area (Å²) in [5, 5.41) is 3.09. The Morgan fingerprint density at radius 3 is 2.54 bits per heavy atom. The van der Waals surface area contributed by atoms with Crippen LogP contribution in [-0.2, 0) is 9.53 Å². The van der Waals surface area contributed by atoms with Crippen molar-refractivity contribution in [3.05, 3.63) is 23.0 Å². The second kappa shape index (κ2) is 7.45. The molecule has 0 aliphatic heterocycles. The van der Waals surface area contributed by atoms with E-state index in [1.165, 1.54) is 19.3 Å². The minimum absolute atomic E-state index is 0.173. The molecule has 0 saturated heterocycles. The molecule has 1 aromatic heterocycles. The van der Waals surface area contributed by atoms with Gasteiger partial charge in [0.1, 0.15) is 0 Å². The van der Waals surface area contributed by atoms with Gasteiger partial charge in [0.05, 0.1) is 5.56 Å². The Labute approximate surface area is 156 Å². The average Bonchev–Trinajstić information content (AvgIpc) is 3.36. The standard InChI is InChI=1S/C21H32N2O3/c1-12-7-6-8-19(14(12)3)22-20(24)16(5)26-21(25)18-11-13(2)23(15(18)4)17-9-10-17/h11-12,14,16-17,19H,6-10H2,1-5H3,(H,22,24)/t12-,14-,16+,19+/m0/s1. The fourth-order valence-electron chi connectivity index (χ4n) is 4.24. The molecule has 4 atom stereocenters. The number of carbonyl (C=O) groups is 2. The normalized spacial score (nSPS) is 27.0. The Hall–Kier alpha value is -1.78. The number of amides is 1. The molecule has 3 rings (SSSR count). The molecule has 26 heavy (non-hydrogen) atoms. The fraction of sp³-hybridized carbons (Fsp3) is 0.714. The summed E-state index contributed by atoms with van der Waals surface area (Å²) < 4.78 is 7.70. The number of nitrogens with zero attached hydrogens (tertiary/aromatic N) is 1. The molecule has 1 aromatic rings. The third kappa shape index (κ3) is 3.81. The number of hydrogen-bond acceptors (Lipinski definition) is 3. The fourth-order valence-corrected chi connectivity index (χ4v) is 4.24. The first kappa shape index (κ1) is 19.0. The maximum atomic E-state index is 12.6. The molecule has 0 bridgehead atoms. The highest BCUT2D eigenvalue weighted by atomic mass is 16.5. The molecule has 1 heterocycles. The lowest BCUT2D eigenvalue weighted by Crippen LogP contribution is -2.47. The van der Waals surface area contributed by atoms with Gasteiger partial charge >= 0.3 is 5.97 Å². The van der Waals surface area contributed by atoms with Crippen LogP contribution in [0.2, 0.25) is 0 Å². The summed E-state index contributed by atoms with van der Waals surface area (Å²) in [7, 11) is 0. The molecule has 144 valence electrons. The van der Waals surface area contributed by atoms with Gasteiger partial charge in [0.25, 0.3) is 5.91 Å². The Morgan fingerprint density at radius 1 is 1.19 bits per heavy atom. The van der Waals surface area contributed by atoms with Crippen LogP contribution in [-0.4, -0.2) is 28.6 Å². The van der Waals surface area contributed by atoms with Crippen molar-refractivity contribution in [1.29, 1.82) is 0 Å². The summed E-state index contributed by atoms with van der Waals surface area (Å²) in [5.74, 6) is 0.464. The SMILES string of the molecule is Cc1cc(C(=O)O[C@H](C)C(=O)N[C@@H]2CCC[C@H](C)[C@@H]2C)c(C)n1C1CC1. The minimum atomic E-state index is -0.782. The number of hydrogen-bond donors (Lipinski definition) is 1. The van der Waals surface area contributed by atoms with E-state index in [1.54, 1.807) is 6.92 Å². The van der Waals surface area contributed by atoms with Crippen LogP contribution >= 0.6 is 0 Å². The number of aryl methyl sites for hydroxylation is 1. The Morgan fingerprint density at radius 2 is 1.88 bits per heavy atom. The van der Waals surface area contributed by atoms with Gasteiger partial charge in [-0.05, 0) is 57.9 Å². The van der Waals surface area contributed by atoms with Crippen molar-refractivity contribution in [2.24, 2.45) is 11.8 Å². The zero-order valence-corrected chi connectivity index (χ0v) is 16.7. The second-order valence-corrected chi connectivity index (χ2v) is 8.32. The number of aromatic nitrogens is 1. The van der Waals surface area contributed by atoms with Gasteiger partial charge in [-0.3, -0.25) is 4.79 Å². The molecule has 1 amide bonds. The zero-order chi connectivity index (χ0) is 19.0. The summed E-state index contributed by atoms with van der Waals surface area (Å²) in [6, 6.07) is 2.57. The summed E-state index contributed by atoms with van der Waals surface area (Å²) in [6.45, 7) is 10.1. The molecule has 0 unspecified atom stereocenters. The first-order chi connectivity index (χ1) is 12.3. The predicted octanol–water partition coefficient (Wildman–Crippen LogP) is 3.93. The van der Waals surface area contributed by atoms with Crippen molar-refractivity contribution in [1.82, 2.24) is 9.88 Å². The summed E-state index contributed by atoms with van der Waals surface area (Å²) in [6.07, 6.45) is 4.91. The molecular formula is C21H32N2O3. The van der Waals surface area contributed by atoms with Crippen molar-refractivity contribution in [2.45, 2.75) is 84.9 Å².